The van der Waals surface area contributed by atoms with E-state index in [0.29, 0.717) is 37.6 Å². The Kier molecular flexibility index (Phi) is 11.8. The molecule has 206 valence electrons. The molecular weight excluding hydrogens is 503 g/mol. The van der Waals surface area contributed by atoms with E-state index in [-0.39, 0.29) is 23.2 Å². The Morgan fingerprint density at radius 1 is 1.00 bits per heavy atom. The van der Waals surface area contributed by atoms with Gasteiger partial charge in [-0.15, -0.1) is 11.6 Å². The molecule has 0 spiro atoms. The molecule has 3 rings (SSSR count). The average molecular weight is 542 g/mol. The average Bonchev–Trinajstić information content (AvgIpc) is 2.87. The summed E-state index contributed by atoms with van der Waals surface area (Å²) in [5.41, 5.74) is 0.0748. The summed E-state index contributed by atoms with van der Waals surface area (Å²) in [4.78, 5) is 3.71. The van der Waals surface area contributed by atoms with Crippen LogP contribution in [0.15, 0.2) is 30.3 Å². The number of pyridine rings is 1. The van der Waals surface area contributed by atoms with Gasteiger partial charge < -0.3 is 14.2 Å². The van der Waals surface area contributed by atoms with Crippen molar-refractivity contribution in [2.45, 2.75) is 88.9 Å². The lowest BCUT2D eigenvalue weighted by atomic mass is 9.77. The van der Waals surface area contributed by atoms with Gasteiger partial charge in [0, 0.05) is 19.3 Å². The van der Waals surface area contributed by atoms with E-state index in [1.807, 2.05) is 0 Å². The highest BCUT2D eigenvalue weighted by atomic mass is 35.5. The van der Waals surface area contributed by atoms with E-state index in [0.717, 1.165) is 51.6 Å². The van der Waals surface area contributed by atoms with Crippen LogP contribution in [-0.4, -0.2) is 36.8 Å². The Morgan fingerprint density at radius 2 is 1.70 bits per heavy atom. The molecule has 37 heavy (non-hydrogen) atoms. The minimum absolute atomic E-state index is 0.0513. The van der Waals surface area contributed by atoms with Crippen molar-refractivity contribution in [2.24, 2.45) is 0 Å². The molecule has 0 fully saturated rings. The first kappa shape index (κ1) is 29.6. The van der Waals surface area contributed by atoms with Crippen molar-refractivity contribution in [3.05, 3.63) is 53.0 Å². The minimum atomic E-state index is -3.39. The van der Waals surface area contributed by atoms with Gasteiger partial charge in [0.25, 0.3) is 5.92 Å². The first-order valence-electron chi connectivity index (χ1n) is 13.5. The van der Waals surface area contributed by atoms with Crippen LogP contribution in [0.5, 0.6) is 11.6 Å². The number of benzene rings is 1. The fraction of sp³-hybridized carbons (Fsp3) is 0.621. The highest BCUT2D eigenvalue weighted by Crippen LogP contribution is 2.50. The van der Waals surface area contributed by atoms with Crippen LogP contribution >= 0.6 is 11.6 Å². The van der Waals surface area contributed by atoms with Gasteiger partial charge >= 0.3 is 0 Å². The number of aryl methyl sites for hydroxylation is 1. The zero-order chi connectivity index (χ0) is 26.7. The summed E-state index contributed by atoms with van der Waals surface area (Å²) in [6.07, 6.45) is 7.13. The molecule has 2 atom stereocenters. The molecule has 1 aliphatic rings. The Morgan fingerprint density at radius 3 is 2.43 bits per heavy atom. The predicted molar refractivity (Wildman–Crippen MR) is 141 cm³/mol. The van der Waals surface area contributed by atoms with E-state index < -0.39 is 23.4 Å². The maximum absolute atomic E-state index is 15.5. The van der Waals surface area contributed by atoms with E-state index in [4.69, 9.17) is 25.8 Å². The van der Waals surface area contributed by atoms with Gasteiger partial charge in [0.05, 0.1) is 23.5 Å². The van der Waals surface area contributed by atoms with Crippen LogP contribution in [-0.2, 0) is 17.1 Å². The van der Waals surface area contributed by atoms with Crippen molar-refractivity contribution >= 4 is 11.6 Å². The number of unbranched alkanes of at least 4 members (excludes halogenated alkanes) is 3. The molecule has 0 radical (unpaired) electrons. The molecule has 0 N–H and O–H groups in total. The molecule has 0 aliphatic heterocycles. The van der Waals surface area contributed by atoms with Crippen LogP contribution in [0, 0.1) is 5.95 Å². The number of ether oxygens (including phenoxy) is 3. The lowest BCUT2D eigenvalue weighted by Crippen LogP contribution is -2.32. The third kappa shape index (κ3) is 8.51. The third-order valence-electron chi connectivity index (χ3n) is 6.67. The SMILES string of the molecule is CCCCOCCCCOc1cc2c(c(F)n1)C(F)(F)C(c1ccc(OCC(Cl)CCCC)cc1)CC2. The zero-order valence-electron chi connectivity index (χ0n) is 21.9. The fourth-order valence-electron chi connectivity index (χ4n) is 4.52. The van der Waals surface area contributed by atoms with Gasteiger partial charge in [0.1, 0.15) is 12.4 Å². The maximum Gasteiger partial charge on any atom is 0.284 e. The summed E-state index contributed by atoms with van der Waals surface area (Å²) < 4.78 is 62.7. The second-order valence-electron chi connectivity index (χ2n) is 9.64. The molecule has 0 saturated heterocycles. The number of hydrogen-bond acceptors (Lipinski definition) is 4. The van der Waals surface area contributed by atoms with E-state index >= 15 is 8.78 Å². The topological polar surface area (TPSA) is 40.6 Å². The van der Waals surface area contributed by atoms with Crippen molar-refractivity contribution in [2.75, 3.05) is 26.4 Å². The second kappa shape index (κ2) is 14.8. The molecule has 4 nitrogen and oxygen atoms in total. The zero-order valence-corrected chi connectivity index (χ0v) is 22.7. The highest BCUT2D eigenvalue weighted by molar-refractivity contribution is 6.20. The molecule has 1 aliphatic carbocycles. The van der Waals surface area contributed by atoms with Crippen molar-refractivity contribution in [3.63, 3.8) is 0 Å². The molecule has 2 aromatic rings. The molecule has 0 amide bonds. The molecule has 1 aromatic heterocycles. The molecule has 0 bridgehead atoms. The number of halogens is 4. The first-order valence-corrected chi connectivity index (χ1v) is 14.0. The summed E-state index contributed by atoms with van der Waals surface area (Å²) >= 11 is 6.26. The first-order chi connectivity index (χ1) is 17.9. The molecule has 0 saturated carbocycles. The Balaban J connectivity index is 1.57. The number of alkyl halides is 3. The van der Waals surface area contributed by atoms with Gasteiger partial charge in [0.2, 0.25) is 11.8 Å². The smallest absolute Gasteiger partial charge is 0.284 e. The molecule has 1 aromatic carbocycles. The van der Waals surface area contributed by atoms with Gasteiger partial charge in [-0.25, -0.2) is 8.78 Å². The Bertz CT molecular complexity index is 958. The Labute approximate surface area is 223 Å². The summed E-state index contributed by atoms with van der Waals surface area (Å²) in [7, 11) is 0. The molecular formula is C29H39ClF3NO3. The van der Waals surface area contributed by atoms with Gasteiger partial charge in [0.15, 0.2) is 0 Å². The number of hydrogen-bond donors (Lipinski definition) is 0. The van der Waals surface area contributed by atoms with E-state index in [1.54, 1.807) is 24.3 Å². The quantitative estimate of drug-likeness (QED) is 0.122. The van der Waals surface area contributed by atoms with Crippen molar-refractivity contribution in [1.82, 2.24) is 4.98 Å². The molecule has 2 unspecified atom stereocenters. The number of nitrogens with zero attached hydrogens (tertiary/aromatic N) is 1. The van der Waals surface area contributed by atoms with E-state index in [9.17, 15) is 4.39 Å². The number of fused-ring (bicyclic) bond motifs is 1. The van der Waals surface area contributed by atoms with Crippen LogP contribution in [0.2, 0.25) is 0 Å². The van der Waals surface area contributed by atoms with Crippen molar-refractivity contribution in [3.8, 4) is 11.6 Å². The van der Waals surface area contributed by atoms with Gasteiger partial charge in [-0.3, -0.25) is 0 Å². The maximum atomic E-state index is 15.5. The molecule has 1 heterocycles. The Hall–Kier alpha value is -1.99. The monoisotopic (exact) mass is 541 g/mol. The van der Waals surface area contributed by atoms with Crippen LogP contribution < -0.4 is 9.47 Å². The van der Waals surface area contributed by atoms with Gasteiger partial charge in [-0.2, -0.15) is 9.37 Å². The summed E-state index contributed by atoms with van der Waals surface area (Å²) in [5, 5.41) is -0.0901. The number of rotatable bonds is 16. The van der Waals surface area contributed by atoms with Gasteiger partial charge in [-0.1, -0.05) is 45.2 Å². The van der Waals surface area contributed by atoms with Crippen molar-refractivity contribution in [1.29, 1.82) is 0 Å². The van der Waals surface area contributed by atoms with Crippen molar-refractivity contribution < 1.29 is 27.4 Å². The highest BCUT2D eigenvalue weighted by Gasteiger charge is 2.49. The molecule has 8 heteroatoms. The number of aromatic nitrogens is 1. The van der Waals surface area contributed by atoms with Crippen LogP contribution in [0.3, 0.4) is 0 Å². The summed E-state index contributed by atoms with van der Waals surface area (Å²) in [6.45, 7) is 6.29. The predicted octanol–water partition coefficient (Wildman–Crippen LogP) is 8.19. The largest absolute Gasteiger partial charge is 0.492 e. The standard InChI is InChI=1S/C29H39ClF3NO3/c1-3-5-9-23(30)20-37-24-13-10-21(11-14-24)25-15-12-22-19-26(34-28(31)27(22)29(25,32)33)36-18-8-7-17-35-16-6-4-2/h10-11,13-14,19,23,25H,3-9,12,15-18,20H2,1-2H3. The summed E-state index contributed by atoms with van der Waals surface area (Å²) in [6, 6.07) is 8.06. The normalized spacial score (nSPS) is 17.3. The fourth-order valence-corrected chi connectivity index (χ4v) is 4.73. The van der Waals surface area contributed by atoms with Crippen LogP contribution in [0.1, 0.15) is 87.8 Å². The van der Waals surface area contributed by atoms with Crippen LogP contribution in [0.25, 0.3) is 0 Å². The second-order valence-corrected chi connectivity index (χ2v) is 10.3. The van der Waals surface area contributed by atoms with E-state index in [2.05, 4.69) is 18.8 Å². The summed E-state index contributed by atoms with van der Waals surface area (Å²) in [5.74, 6) is -5.06. The van der Waals surface area contributed by atoms with Gasteiger partial charge in [-0.05, 0) is 61.8 Å². The van der Waals surface area contributed by atoms with Crippen LogP contribution in [0.4, 0.5) is 13.2 Å². The lowest BCUT2D eigenvalue weighted by Gasteiger charge is -2.33. The van der Waals surface area contributed by atoms with E-state index in [1.165, 1.54) is 6.07 Å². The minimum Gasteiger partial charge on any atom is -0.492 e. The third-order valence-corrected chi connectivity index (χ3v) is 7.01. The lowest BCUT2D eigenvalue weighted by molar-refractivity contribution is -0.0475.